The highest BCUT2D eigenvalue weighted by atomic mass is 16.5. The van der Waals surface area contributed by atoms with Crippen molar-refractivity contribution in [2.75, 3.05) is 13.6 Å². The molecule has 8 nitrogen and oxygen atoms in total. The fourth-order valence-corrected chi connectivity index (χ4v) is 3.27. The average Bonchev–Trinajstić information content (AvgIpc) is 3.52. The highest BCUT2D eigenvalue weighted by molar-refractivity contribution is 5.79. The van der Waals surface area contributed by atoms with E-state index in [0.717, 1.165) is 36.2 Å². The number of aliphatic imine (C=N–C) groups is 1. The maximum Gasteiger partial charge on any atom is 0.257 e. The van der Waals surface area contributed by atoms with Crippen molar-refractivity contribution in [1.29, 1.82) is 0 Å². The number of aromatic nitrogens is 3. The third-order valence-electron chi connectivity index (χ3n) is 5.20. The van der Waals surface area contributed by atoms with Crippen LogP contribution < -0.4 is 10.6 Å². The van der Waals surface area contributed by atoms with Crippen molar-refractivity contribution in [2.45, 2.75) is 33.2 Å². The molecule has 0 saturated carbocycles. The summed E-state index contributed by atoms with van der Waals surface area (Å²) in [5.41, 5.74) is 5.11. The average molecular weight is 445 g/mol. The first kappa shape index (κ1) is 22.3. The number of hydrogen-bond acceptors (Lipinski definition) is 6. The van der Waals surface area contributed by atoms with E-state index in [1.54, 1.807) is 13.3 Å². The molecule has 2 aromatic carbocycles. The van der Waals surface area contributed by atoms with Crippen LogP contribution in [0, 0.1) is 6.92 Å². The van der Waals surface area contributed by atoms with Gasteiger partial charge in [0.15, 0.2) is 11.8 Å². The second-order valence-electron chi connectivity index (χ2n) is 7.68. The van der Waals surface area contributed by atoms with Crippen LogP contribution in [0.5, 0.6) is 0 Å². The Morgan fingerprint density at radius 3 is 2.36 bits per heavy atom. The van der Waals surface area contributed by atoms with Crippen LogP contribution in [0.2, 0.25) is 0 Å². The molecule has 0 fully saturated rings. The lowest BCUT2D eigenvalue weighted by Crippen LogP contribution is -2.37. The van der Waals surface area contributed by atoms with Gasteiger partial charge in [-0.05, 0) is 43.2 Å². The minimum absolute atomic E-state index is 0.521. The van der Waals surface area contributed by atoms with E-state index in [-0.39, 0.29) is 0 Å². The summed E-state index contributed by atoms with van der Waals surface area (Å²) in [6.45, 7) is 5.32. The van der Waals surface area contributed by atoms with E-state index in [1.165, 1.54) is 11.1 Å². The van der Waals surface area contributed by atoms with E-state index in [2.05, 4.69) is 49.8 Å². The van der Waals surface area contributed by atoms with Crippen molar-refractivity contribution in [3.05, 3.63) is 77.4 Å². The summed E-state index contributed by atoms with van der Waals surface area (Å²) in [5.74, 6) is 2.60. The van der Waals surface area contributed by atoms with Crippen LogP contribution in [-0.4, -0.2) is 34.7 Å². The standard InChI is InChI=1S/C25H28N6O2/c1-4-22-30-24(33-31-22)20-11-7-18(8-12-20)13-14-27-25(26-3)28-15-21-16-32-23(29-21)19-9-5-17(2)6-10-19/h5-12,16H,4,13-15H2,1-3H3,(H2,26,27,28). The van der Waals surface area contributed by atoms with Crippen LogP contribution in [-0.2, 0) is 19.4 Å². The van der Waals surface area contributed by atoms with Gasteiger partial charge in [0.25, 0.3) is 5.89 Å². The number of nitrogens with one attached hydrogen (secondary N) is 2. The summed E-state index contributed by atoms with van der Waals surface area (Å²) in [5, 5.41) is 10.5. The minimum atomic E-state index is 0.521. The predicted octanol–water partition coefficient (Wildman–Crippen LogP) is 4.17. The van der Waals surface area contributed by atoms with Crippen molar-refractivity contribution in [3.8, 4) is 22.9 Å². The molecule has 4 aromatic rings. The number of guanidine groups is 1. The molecule has 33 heavy (non-hydrogen) atoms. The van der Waals surface area contributed by atoms with Gasteiger partial charge in [-0.3, -0.25) is 4.99 Å². The number of aryl methyl sites for hydroxylation is 2. The Bertz CT molecular complexity index is 1190. The van der Waals surface area contributed by atoms with E-state index < -0.39 is 0 Å². The van der Waals surface area contributed by atoms with Crippen molar-refractivity contribution in [3.63, 3.8) is 0 Å². The number of hydrogen-bond donors (Lipinski definition) is 2. The lowest BCUT2D eigenvalue weighted by Gasteiger charge is -2.11. The van der Waals surface area contributed by atoms with E-state index in [9.17, 15) is 0 Å². The highest BCUT2D eigenvalue weighted by Gasteiger charge is 2.09. The summed E-state index contributed by atoms with van der Waals surface area (Å²) in [4.78, 5) is 13.2. The molecule has 2 N–H and O–H groups in total. The smallest absolute Gasteiger partial charge is 0.257 e. The molecule has 0 saturated heterocycles. The molecular weight excluding hydrogens is 416 g/mol. The topological polar surface area (TPSA) is 101 Å². The monoisotopic (exact) mass is 444 g/mol. The van der Waals surface area contributed by atoms with Gasteiger partial charge >= 0.3 is 0 Å². The summed E-state index contributed by atoms with van der Waals surface area (Å²) in [6, 6.07) is 16.3. The zero-order chi connectivity index (χ0) is 23.0. The largest absolute Gasteiger partial charge is 0.444 e. The van der Waals surface area contributed by atoms with E-state index in [4.69, 9.17) is 8.94 Å². The van der Waals surface area contributed by atoms with Crippen molar-refractivity contribution >= 4 is 5.96 Å². The first-order valence-corrected chi connectivity index (χ1v) is 11.0. The molecular formula is C25H28N6O2. The minimum Gasteiger partial charge on any atom is -0.444 e. The molecule has 170 valence electrons. The fraction of sp³-hybridized carbons (Fsp3) is 0.280. The van der Waals surface area contributed by atoms with Gasteiger partial charge in [-0.1, -0.05) is 41.9 Å². The van der Waals surface area contributed by atoms with Crippen LogP contribution >= 0.6 is 0 Å². The van der Waals surface area contributed by atoms with Gasteiger partial charge < -0.3 is 19.6 Å². The van der Waals surface area contributed by atoms with Crippen molar-refractivity contribution in [1.82, 2.24) is 25.8 Å². The Hall–Kier alpha value is -3.94. The van der Waals surface area contributed by atoms with E-state index >= 15 is 0 Å². The molecule has 2 heterocycles. The second-order valence-corrected chi connectivity index (χ2v) is 7.68. The third-order valence-corrected chi connectivity index (χ3v) is 5.20. The van der Waals surface area contributed by atoms with Gasteiger partial charge in [0.2, 0.25) is 5.89 Å². The maximum atomic E-state index is 5.62. The van der Waals surface area contributed by atoms with Crippen LogP contribution in [0.4, 0.5) is 0 Å². The van der Waals surface area contributed by atoms with Crippen LogP contribution in [0.1, 0.15) is 29.6 Å². The maximum absolute atomic E-state index is 5.62. The molecule has 0 spiro atoms. The Labute approximate surface area is 193 Å². The SMILES string of the molecule is CCc1noc(-c2ccc(CCNC(=NC)NCc3coc(-c4ccc(C)cc4)n3)cc2)n1. The number of oxazole rings is 1. The van der Waals surface area contributed by atoms with Gasteiger partial charge in [0.05, 0.1) is 12.2 Å². The summed E-state index contributed by atoms with van der Waals surface area (Å²) >= 11 is 0. The molecule has 0 radical (unpaired) electrons. The molecule has 8 heteroatoms. The van der Waals surface area contributed by atoms with Crippen molar-refractivity contribution in [2.24, 2.45) is 4.99 Å². The molecule has 0 aliphatic rings. The van der Waals surface area contributed by atoms with Crippen molar-refractivity contribution < 1.29 is 8.94 Å². The van der Waals surface area contributed by atoms with Gasteiger partial charge in [-0.25, -0.2) is 4.98 Å². The van der Waals surface area contributed by atoms with Crippen LogP contribution in [0.3, 0.4) is 0 Å². The highest BCUT2D eigenvalue weighted by Crippen LogP contribution is 2.19. The Balaban J connectivity index is 1.24. The molecule has 0 aliphatic carbocycles. The number of nitrogens with zero attached hydrogens (tertiary/aromatic N) is 4. The summed E-state index contributed by atoms with van der Waals surface area (Å²) in [7, 11) is 1.75. The Kier molecular flexibility index (Phi) is 7.14. The van der Waals surface area contributed by atoms with E-state index in [1.807, 2.05) is 43.3 Å². The lowest BCUT2D eigenvalue weighted by molar-refractivity contribution is 0.423. The predicted molar refractivity (Wildman–Crippen MR) is 128 cm³/mol. The van der Waals surface area contributed by atoms with E-state index in [0.29, 0.717) is 30.1 Å². The normalized spacial score (nSPS) is 11.5. The quantitative estimate of drug-likeness (QED) is 0.311. The second kappa shape index (κ2) is 10.6. The molecule has 0 amide bonds. The molecule has 0 bridgehead atoms. The zero-order valence-electron chi connectivity index (χ0n) is 19.1. The van der Waals surface area contributed by atoms with Gasteiger partial charge in [-0.2, -0.15) is 4.98 Å². The molecule has 0 unspecified atom stereocenters. The zero-order valence-corrected chi connectivity index (χ0v) is 19.1. The molecule has 2 aromatic heterocycles. The Morgan fingerprint density at radius 2 is 1.67 bits per heavy atom. The van der Waals surface area contributed by atoms with Gasteiger partial charge in [-0.15, -0.1) is 0 Å². The number of rotatable bonds is 8. The summed E-state index contributed by atoms with van der Waals surface area (Å²) < 4.78 is 10.9. The molecule has 4 rings (SSSR count). The number of benzene rings is 2. The first-order valence-electron chi connectivity index (χ1n) is 11.0. The summed E-state index contributed by atoms with van der Waals surface area (Å²) in [6.07, 6.45) is 3.28. The fourth-order valence-electron chi connectivity index (χ4n) is 3.27. The molecule has 0 atom stereocenters. The van der Waals surface area contributed by atoms with Crippen LogP contribution in [0.25, 0.3) is 22.9 Å². The first-order chi connectivity index (χ1) is 16.1. The van der Waals surface area contributed by atoms with Crippen LogP contribution in [0.15, 0.2) is 68.7 Å². The Morgan fingerprint density at radius 1 is 0.939 bits per heavy atom. The third kappa shape index (κ3) is 5.85. The molecule has 0 aliphatic heterocycles. The van der Waals surface area contributed by atoms with Gasteiger partial charge in [0, 0.05) is 31.1 Å². The lowest BCUT2D eigenvalue weighted by atomic mass is 10.1. The van der Waals surface area contributed by atoms with Gasteiger partial charge in [0.1, 0.15) is 6.26 Å².